The molecule has 4 rings (SSSR count). The van der Waals surface area contributed by atoms with E-state index in [1.54, 1.807) is 18.2 Å². The lowest BCUT2D eigenvalue weighted by Gasteiger charge is -2.20. The number of benzene rings is 2. The Hall–Kier alpha value is -4.96. The predicted octanol–water partition coefficient (Wildman–Crippen LogP) is 5.63. The van der Waals surface area contributed by atoms with Gasteiger partial charge in [0, 0.05) is 30.8 Å². The lowest BCUT2D eigenvalue weighted by molar-refractivity contribution is -0.104. The first-order chi connectivity index (χ1) is 23.3. The van der Waals surface area contributed by atoms with Gasteiger partial charge in [-0.1, -0.05) is 27.7 Å². The maximum absolute atomic E-state index is 13.3. The van der Waals surface area contributed by atoms with Gasteiger partial charge in [-0.2, -0.15) is 0 Å². The number of allylic oxidation sites excluding steroid dienone is 1. The van der Waals surface area contributed by atoms with Gasteiger partial charge < -0.3 is 0 Å². The summed E-state index contributed by atoms with van der Waals surface area (Å²) in [5.41, 5.74) is 3.66. The molecule has 0 aliphatic rings. The Morgan fingerprint density at radius 2 is 0.980 bits per heavy atom. The van der Waals surface area contributed by atoms with E-state index >= 15 is 0 Å². The van der Waals surface area contributed by atoms with Gasteiger partial charge >= 0.3 is 0 Å². The molecular weight excluding hydrogens is 691 g/mol. The van der Waals surface area contributed by atoms with Crippen molar-refractivity contribution >= 4 is 50.6 Å². The van der Waals surface area contributed by atoms with Crippen molar-refractivity contribution in [2.24, 2.45) is 0 Å². The Morgan fingerprint density at radius 3 is 1.30 bits per heavy atom. The number of hydrogen-bond acceptors (Lipinski definition) is 10. The maximum atomic E-state index is 13.3. The van der Waals surface area contributed by atoms with Gasteiger partial charge in [-0.3, -0.25) is 9.59 Å². The minimum Gasteiger partial charge on any atom is -0.299 e. The Kier molecular flexibility index (Phi) is 12.8. The van der Waals surface area contributed by atoms with Crippen molar-refractivity contribution in [2.45, 2.75) is 39.5 Å². The molecule has 2 aromatic carbocycles. The molecule has 266 valence electrons. The first kappa shape index (κ1) is 39.5. The van der Waals surface area contributed by atoms with Gasteiger partial charge in [0.15, 0.2) is 6.29 Å². The van der Waals surface area contributed by atoms with Crippen molar-refractivity contribution in [1.82, 2.24) is 19.9 Å². The van der Waals surface area contributed by atoms with Gasteiger partial charge in [-0.05, 0) is 72.5 Å². The molecule has 0 saturated carbocycles. The van der Waals surface area contributed by atoms with Gasteiger partial charge in [0.25, 0.3) is 0 Å². The number of rotatable bonds is 11. The average Bonchev–Trinajstić information content (AvgIpc) is 3.05. The van der Waals surface area contributed by atoms with E-state index in [9.17, 15) is 35.2 Å². The molecule has 0 atom stereocenters. The van der Waals surface area contributed by atoms with Crippen LogP contribution >= 0.6 is 0 Å². The molecule has 0 radical (unpaired) electrons. The Labute approximate surface area is 291 Å². The Morgan fingerprint density at radius 1 is 0.620 bits per heavy atom. The molecule has 0 aliphatic carbocycles. The number of anilines is 2. The first-order valence-electron chi connectivity index (χ1n) is 15.1. The highest BCUT2D eigenvalue weighted by Crippen LogP contribution is 2.32. The molecule has 0 unspecified atom stereocenters. The van der Waals surface area contributed by atoms with Crippen LogP contribution in [0.15, 0.2) is 54.6 Å². The smallest absolute Gasteiger partial charge is 0.239 e. The van der Waals surface area contributed by atoms with Crippen LogP contribution in [0.2, 0.25) is 0 Å². The third-order valence-corrected chi connectivity index (χ3v) is 9.59. The SMILES string of the molecule is CC(C)c1nc(N(C)S(C)(=O)=O)nc(-c2ccc(F)cc2)c1/C=C/C=O.CC(C)c1nc(N(C)S(C)(=O)=O)nc(-c2ccc(F)cc2)c1C=O. The lowest BCUT2D eigenvalue weighted by Crippen LogP contribution is -2.27. The second-order valence-corrected chi connectivity index (χ2v) is 15.8. The number of halogens is 2. The van der Waals surface area contributed by atoms with Crippen LogP contribution in [0.1, 0.15) is 66.8 Å². The van der Waals surface area contributed by atoms with E-state index in [0.29, 0.717) is 46.3 Å². The molecule has 0 saturated heterocycles. The molecule has 2 aromatic heterocycles. The zero-order valence-electron chi connectivity index (χ0n) is 28.8. The fourth-order valence-corrected chi connectivity index (χ4v) is 5.24. The van der Waals surface area contributed by atoms with Crippen LogP contribution < -0.4 is 8.61 Å². The van der Waals surface area contributed by atoms with Crippen LogP contribution in [-0.2, 0) is 24.8 Å². The zero-order chi connectivity index (χ0) is 37.6. The topological polar surface area (TPSA) is 160 Å². The van der Waals surface area contributed by atoms with Gasteiger partial charge in [-0.15, -0.1) is 0 Å². The second kappa shape index (κ2) is 16.2. The summed E-state index contributed by atoms with van der Waals surface area (Å²) in [6, 6.07) is 11.1. The summed E-state index contributed by atoms with van der Waals surface area (Å²) < 4.78 is 75.8. The van der Waals surface area contributed by atoms with Gasteiger partial charge in [0.2, 0.25) is 31.9 Å². The number of carbonyl (C=O) groups is 2. The Balaban J connectivity index is 0.000000271. The molecule has 0 spiro atoms. The average molecular weight is 729 g/mol. The van der Waals surface area contributed by atoms with Crippen molar-refractivity contribution in [3.8, 4) is 22.5 Å². The molecule has 4 aromatic rings. The zero-order valence-corrected chi connectivity index (χ0v) is 30.4. The van der Waals surface area contributed by atoms with Gasteiger partial charge in [0.05, 0.1) is 40.9 Å². The third-order valence-electron chi connectivity index (χ3n) is 7.27. The minimum atomic E-state index is -3.56. The van der Waals surface area contributed by atoms with E-state index < -0.39 is 31.7 Å². The van der Waals surface area contributed by atoms with Crippen molar-refractivity contribution in [2.75, 3.05) is 35.2 Å². The molecule has 2 heterocycles. The summed E-state index contributed by atoms with van der Waals surface area (Å²) in [4.78, 5) is 39.6. The number of nitrogens with zero attached hydrogens (tertiary/aromatic N) is 6. The summed E-state index contributed by atoms with van der Waals surface area (Å²) in [5, 5.41) is 0. The molecule has 12 nitrogen and oxygen atoms in total. The number of carbonyl (C=O) groups excluding carboxylic acids is 2. The van der Waals surface area contributed by atoms with E-state index in [-0.39, 0.29) is 35.0 Å². The van der Waals surface area contributed by atoms with Gasteiger partial charge in [-0.25, -0.2) is 54.2 Å². The van der Waals surface area contributed by atoms with E-state index in [2.05, 4.69) is 19.9 Å². The van der Waals surface area contributed by atoms with Crippen molar-refractivity contribution in [3.63, 3.8) is 0 Å². The number of hydrogen-bond donors (Lipinski definition) is 0. The summed E-state index contributed by atoms with van der Waals surface area (Å²) in [6.07, 6.45) is 6.26. The lowest BCUT2D eigenvalue weighted by atomic mass is 9.98. The van der Waals surface area contributed by atoms with E-state index in [0.717, 1.165) is 21.1 Å². The van der Waals surface area contributed by atoms with E-state index in [4.69, 9.17) is 0 Å². The monoisotopic (exact) mass is 728 g/mol. The normalized spacial score (nSPS) is 11.8. The van der Waals surface area contributed by atoms with Crippen LogP contribution in [0.5, 0.6) is 0 Å². The predicted molar refractivity (Wildman–Crippen MR) is 190 cm³/mol. The molecule has 0 aliphatic heterocycles. The van der Waals surface area contributed by atoms with E-state index in [1.807, 2.05) is 27.7 Å². The highest BCUT2D eigenvalue weighted by atomic mass is 32.2. The van der Waals surface area contributed by atoms with Crippen LogP contribution in [-0.4, -0.2) is 76.0 Å². The maximum Gasteiger partial charge on any atom is 0.239 e. The summed E-state index contributed by atoms with van der Waals surface area (Å²) in [7, 11) is -4.42. The van der Waals surface area contributed by atoms with Crippen LogP contribution in [0.25, 0.3) is 28.6 Å². The summed E-state index contributed by atoms with van der Waals surface area (Å²) >= 11 is 0. The summed E-state index contributed by atoms with van der Waals surface area (Å²) in [5.74, 6) is -1.03. The van der Waals surface area contributed by atoms with Crippen LogP contribution in [0.4, 0.5) is 20.7 Å². The highest BCUT2D eigenvalue weighted by molar-refractivity contribution is 7.92. The Bertz CT molecular complexity index is 2110. The molecule has 0 bridgehead atoms. The van der Waals surface area contributed by atoms with Crippen molar-refractivity contribution < 1.29 is 35.2 Å². The first-order valence-corrected chi connectivity index (χ1v) is 18.8. The van der Waals surface area contributed by atoms with Gasteiger partial charge in [0.1, 0.15) is 17.9 Å². The minimum absolute atomic E-state index is 0.0128. The number of sulfonamides is 2. The molecule has 50 heavy (non-hydrogen) atoms. The third kappa shape index (κ3) is 9.59. The molecule has 16 heteroatoms. The molecular formula is C34H38F2N6O6S2. The van der Waals surface area contributed by atoms with Crippen molar-refractivity contribution in [1.29, 1.82) is 0 Å². The summed E-state index contributed by atoms with van der Waals surface area (Å²) in [6.45, 7) is 7.49. The van der Waals surface area contributed by atoms with Crippen molar-refractivity contribution in [3.05, 3.63) is 88.8 Å². The standard InChI is InChI=1S/C18H20FN3O3S.C16H18FN3O3S/c1-12(2)16-15(6-5-11-23)17(13-7-9-14(19)10-8-13)21-18(20-16)22(3)26(4,24)25;1-10(2)14-13(9-21)15(11-5-7-12(17)8-6-11)19-16(18-14)20(3)24(4,22)23/h5-12H,1-4H3;5-10H,1-4H3/b6-5+;. The molecule has 0 N–H and O–H groups in total. The largest absolute Gasteiger partial charge is 0.299 e. The highest BCUT2D eigenvalue weighted by Gasteiger charge is 2.24. The van der Waals surface area contributed by atoms with Crippen LogP contribution in [0.3, 0.4) is 0 Å². The second-order valence-electron chi connectivity index (χ2n) is 11.7. The molecule has 0 fully saturated rings. The number of aromatic nitrogens is 4. The quantitative estimate of drug-likeness (QED) is 0.140. The van der Waals surface area contributed by atoms with E-state index in [1.165, 1.54) is 56.6 Å². The van der Waals surface area contributed by atoms with Crippen LogP contribution in [0, 0.1) is 11.6 Å². The number of aldehydes is 2. The fraction of sp³-hybridized carbons (Fsp3) is 0.294. The fourth-order valence-electron chi connectivity index (χ4n) is 4.48. The molecule has 0 amide bonds.